The van der Waals surface area contributed by atoms with Crippen LogP contribution in [0.2, 0.25) is 0 Å². The first-order valence-electron chi connectivity index (χ1n) is 6.32. The minimum atomic E-state index is -0.725. The molecule has 6 nitrogen and oxygen atoms in total. The summed E-state index contributed by atoms with van der Waals surface area (Å²) in [7, 11) is 3.07. The number of ether oxygens (including phenoxy) is 3. The Labute approximate surface area is 118 Å². The smallest absolute Gasteiger partial charge is 0.260 e. The van der Waals surface area contributed by atoms with Gasteiger partial charge in [-0.25, -0.2) is 0 Å². The normalized spacial score (nSPS) is 13.4. The fraction of sp³-hybridized carbons (Fsp3) is 0.500. The number of carbonyl (C=O) groups excluding carboxylic acids is 1. The summed E-state index contributed by atoms with van der Waals surface area (Å²) < 4.78 is 15.3. The van der Waals surface area contributed by atoms with Crippen LogP contribution in [0.4, 0.5) is 0 Å². The predicted octanol–water partition coefficient (Wildman–Crippen LogP) is 0.586. The van der Waals surface area contributed by atoms with E-state index in [1.54, 1.807) is 38.3 Å². The largest absolute Gasteiger partial charge is 0.497 e. The van der Waals surface area contributed by atoms with E-state index in [9.17, 15) is 9.90 Å². The van der Waals surface area contributed by atoms with Crippen LogP contribution in [0.25, 0.3) is 0 Å². The van der Waals surface area contributed by atoms with E-state index >= 15 is 0 Å². The van der Waals surface area contributed by atoms with Crippen molar-refractivity contribution < 1.29 is 24.1 Å². The van der Waals surface area contributed by atoms with E-state index in [-0.39, 0.29) is 19.1 Å². The molecule has 0 heterocycles. The molecule has 1 rings (SSSR count). The van der Waals surface area contributed by atoms with Gasteiger partial charge in [0.1, 0.15) is 11.5 Å². The summed E-state index contributed by atoms with van der Waals surface area (Å²) in [6, 6.07) is 6.95. The van der Waals surface area contributed by atoms with Crippen molar-refractivity contribution in [3.63, 3.8) is 0 Å². The maximum atomic E-state index is 11.8. The van der Waals surface area contributed by atoms with E-state index < -0.39 is 12.2 Å². The number of rotatable bonds is 8. The van der Waals surface area contributed by atoms with Crippen molar-refractivity contribution >= 4 is 5.91 Å². The van der Waals surface area contributed by atoms with Gasteiger partial charge in [0.05, 0.1) is 19.8 Å². The van der Waals surface area contributed by atoms with Gasteiger partial charge in [0.2, 0.25) is 0 Å². The quantitative estimate of drug-likeness (QED) is 0.730. The highest BCUT2D eigenvalue weighted by Gasteiger charge is 2.15. The second-order valence-electron chi connectivity index (χ2n) is 4.29. The second kappa shape index (κ2) is 8.39. The van der Waals surface area contributed by atoms with Crippen molar-refractivity contribution in [2.75, 3.05) is 27.4 Å². The summed E-state index contributed by atoms with van der Waals surface area (Å²) in [4.78, 5) is 11.8. The number of hydrogen-bond acceptors (Lipinski definition) is 5. The van der Waals surface area contributed by atoms with E-state index in [2.05, 4.69) is 5.32 Å². The van der Waals surface area contributed by atoms with Crippen molar-refractivity contribution in [2.45, 2.75) is 19.1 Å². The lowest BCUT2D eigenvalue weighted by Gasteiger charge is -2.16. The zero-order valence-electron chi connectivity index (χ0n) is 12.0. The van der Waals surface area contributed by atoms with Crippen LogP contribution in [0.3, 0.4) is 0 Å². The predicted molar refractivity (Wildman–Crippen MR) is 74.0 cm³/mol. The van der Waals surface area contributed by atoms with Crippen LogP contribution in [-0.2, 0) is 9.53 Å². The number of benzene rings is 1. The molecule has 20 heavy (non-hydrogen) atoms. The zero-order chi connectivity index (χ0) is 15.0. The van der Waals surface area contributed by atoms with Crippen LogP contribution >= 0.6 is 0 Å². The van der Waals surface area contributed by atoms with Crippen LogP contribution < -0.4 is 14.8 Å². The van der Waals surface area contributed by atoms with E-state index in [4.69, 9.17) is 14.2 Å². The molecule has 2 N–H and O–H groups in total. The van der Waals surface area contributed by atoms with Gasteiger partial charge < -0.3 is 24.6 Å². The molecule has 6 heteroatoms. The van der Waals surface area contributed by atoms with Crippen molar-refractivity contribution in [2.24, 2.45) is 0 Å². The molecule has 0 saturated carbocycles. The monoisotopic (exact) mass is 283 g/mol. The maximum Gasteiger partial charge on any atom is 0.260 e. The number of methoxy groups -OCH3 is 2. The van der Waals surface area contributed by atoms with Gasteiger partial charge in [-0.15, -0.1) is 0 Å². The molecule has 1 aromatic carbocycles. The fourth-order valence-corrected chi connectivity index (χ4v) is 1.53. The van der Waals surface area contributed by atoms with E-state index in [1.165, 1.54) is 7.11 Å². The summed E-state index contributed by atoms with van der Waals surface area (Å²) in [6.45, 7) is 1.94. The van der Waals surface area contributed by atoms with Gasteiger partial charge in [0.25, 0.3) is 5.91 Å². The average Bonchev–Trinajstić information content (AvgIpc) is 2.45. The molecule has 0 aromatic heterocycles. The molecule has 2 unspecified atom stereocenters. The Hall–Kier alpha value is -1.79. The minimum absolute atomic E-state index is 0.128. The lowest BCUT2D eigenvalue weighted by Crippen LogP contribution is -2.41. The first-order valence-corrected chi connectivity index (χ1v) is 6.32. The number of amides is 1. The standard InChI is InChI=1S/C14H21NO5/c1-10(14(17)15-8-11(16)9-18-2)20-13-6-4-12(19-3)5-7-13/h4-7,10-11,16H,8-9H2,1-3H3,(H,15,17). The second-order valence-corrected chi connectivity index (χ2v) is 4.29. The Morgan fingerprint density at radius 1 is 1.25 bits per heavy atom. The molecule has 1 aromatic rings. The molecular formula is C14H21NO5. The van der Waals surface area contributed by atoms with Crippen molar-refractivity contribution in [1.29, 1.82) is 0 Å². The molecule has 2 atom stereocenters. The zero-order valence-corrected chi connectivity index (χ0v) is 12.0. The van der Waals surface area contributed by atoms with Gasteiger partial charge in [-0.3, -0.25) is 4.79 Å². The average molecular weight is 283 g/mol. The highest BCUT2D eigenvalue weighted by atomic mass is 16.5. The highest BCUT2D eigenvalue weighted by Crippen LogP contribution is 2.18. The van der Waals surface area contributed by atoms with E-state index in [0.717, 1.165) is 5.75 Å². The van der Waals surface area contributed by atoms with Crippen LogP contribution in [0.15, 0.2) is 24.3 Å². The van der Waals surface area contributed by atoms with Crippen LogP contribution in [0.5, 0.6) is 11.5 Å². The number of nitrogens with one attached hydrogen (secondary N) is 1. The van der Waals surface area contributed by atoms with Crippen LogP contribution in [0, 0.1) is 0 Å². The van der Waals surface area contributed by atoms with Gasteiger partial charge in [-0.05, 0) is 31.2 Å². The van der Waals surface area contributed by atoms with Gasteiger partial charge in [-0.1, -0.05) is 0 Å². The summed E-state index contributed by atoms with van der Waals surface area (Å²) >= 11 is 0. The number of hydrogen-bond donors (Lipinski definition) is 2. The fourth-order valence-electron chi connectivity index (χ4n) is 1.53. The van der Waals surface area contributed by atoms with Gasteiger partial charge in [0, 0.05) is 13.7 Å². The Morgan fingerprint density at radius 3 is 2.40 bits per heavy atom. The van der Waals surface area contributed by atoms with Gasteiger partial charge in [0.15, 0.2) is 6.10 Å². The Bertz CT molecular complexity index is 407. The lowest BCUT2D eigenvalue weighted by atomic mass is 10.3. The lowest BCUT2D eigenvalue weighted by molar-refractivity contribution is -0.127. The molecule has 112 valence electrons. The molecule has 0 aliphatic rings. The Balaban J connectivity index is 2.40. The summed E-state index contributed by atoms with van der Waals surface area (Å²) in [6.07, 6.45) is -1.38. The molecule has 0 radical (unpaired) electrons. The molecule has 0 bridgehead atoms. The van der Waals surface area contributed by atoms with Crippen molar-refractivity contribution in [3.8, 4) is 11.5 Å². The topological polar surface area (TPSA) is 77.0 Å². The number of aliphatic hydroxyl groups is 1. The first kappa shape index (κ1) is 16.3. The maximum absolute atomic E-state index is 11.8. The number of aliphatic hydroxyl groups excluding tert-OH is 1. The SMILES string of the molecule is COCC(O)CNC(=O)C(C)Oc1ccc(OC)cc1. The van der Waals surface area contributed by atoms with E-state index in [0.29, 0.717) is 5.75 Å². The molecule has 0 saturated heterocycles. The molecule has 0 fully saturated rings. The third-order valence-electron chi connectivity index (χ3n) is 2.61. The third-order valence-corrected chi connectivity index (χ3v) is 2.61. The molecular weight excluding hydrogens is 262 g/mol. The van der Waals surface area contributed by atoms with E-state index in [1.807, 2.05) is 0 Å². The van der Waals surface area contributed by atoms with Crippen LogP contribution in [-0.4, -0.2) is 50.6 Å². The Kier molecular flexibility index (Phi) is 6.83. The minimum Gasteiger partial charge on any atom is -0.497 e. The van der Waals surface area contributed by atoms with Gasteiger partial charge in [-0.2, -0.15) is 0 Å². The molecule has 0 aliphatic heterocycles. The Morgan fingerprint density at radius 2 is 1.85 bits per heavy atom. The van der Waals surface area contributed by atoms with Crippen LogP contribution in [0.1, 0.15) is 6.92 Å². The third kappa shape index (κ3) is 5.46. The molecule has 0 spiro atoms. The highest BCUT2D eigenvalue weighted by molar-refractivity contribution is 5.80. The van der Waals surface area contributed by atoms with Crippen molar-refractivity contribution in [1.82, 2.24) is 5.32 Å². The van der Waals surface area contributed by atoms with Crippen molar-refractivity contribution in [3.05, 3.63) is 24.3 Å². The first-order chi connectivity index (χ1) is 9.56. The summed E-state index contributed by atoms with van der Waals surface area (Å²) in [5.41, 5.74) is 0. The summed E-state index contributed by atoms with van der Waals surface area (Å²) in [5, 5.41) is 12.0. The number of carbonyl (C=O) groups is 1. The molecule has 1 amide bonds. The van der Waals surface area contributed by atoms with Gasteiger partial charge >= 0.3 is 0 Å². The summed E-state index contributed by atoms with van der Waals surface area (Å²) in [5.74, 6) is 0.999. The molecule has 0 aliphatic carbocycles.